The average molecular weight is 460 g/mol. The lowest BCUT2D eigenvalue weighted by molar-refractivity contribution is 0.0192. The van der Waals surface area contributed by atoms with Crippen molar-refractivity contribution >= 4 is 5.88 Å². The predicted octanol–water partition coefficient (Wildman–Crippen LogP) is 4.13. The fourth-order valence-electron chi connectivity index (χ4n) is 4.42. The second-order valence-electron chi connectivity index (χ2n) is 9.02. The largest absolute Gasteiger partial charge is 0.389 e. The molecular weight excluding hydrogens is 426 g/mol. The van der Waals surface area contributed by atoms with Crippen molar-refractivity contribution in [1.82, 2.24) is 10.1 Å². The molecule has 0 bridgehead atoms. The molecule has 1 unspecified atom stereocenters. The normalized spacial score (nSPS) is 14.3. The van der Waals surface area contributed by atoms with Gasteiger partial charge in [-0.1, -0.05) is 65.7 Å². The van der Waals surface area contributed by atoms with E-state index in [1.807, 2.05) is 18.2 Å². The molecule has 0 saturated heterocycles. The van der Waals surface area contributed by atoms with Crippen LogP contribution in [0.3, 0.4) is 0 Å². The van der Waals surface area contributed by atoms with E-state index in [9.17, 15) is 5.11 Å². The van der Waals surface area contributed by atoms with Crippen molar-refractivity contribution in [3.63, 3.8) is 0 Å². The van der Waals surface area contributed by atoms with Gasteiger partial charge < -0.3 is 19.3 Å². The second kappa shape index (κ2) is 11.3. The van der Waals surface area contributed by atoms with Crippen LogP contribution in [0.1, 0.15) is 30.5 Å². The summed E-state index contributed by atoms with van der Waals surface area (Å²) in [6.45, 7) is 7.38. The standard InChI is InChI=1S/C28H33N3O3/c1-4-16-33-20-25(32)18-31(21(2)3)19-26-27(23-11-6-5-7-12-23)29-34-28(26)30-15-14-22-10-8-9-13-24(22)17-30/h1,5-13,21,25,32H,14-20H2,2-3H3. The van der Waals surface area contributed by atoms with Crippen LogP contribution in [0.15, 0.2) is 59.1 Å². The Labute approximate surface area is 202 Å². The number of benzene rings is 2. The van der Waals surface area contributed by atoms with Gasteiger partial charge in [-0.05, 0) is 31.4 Å². The Hall–Kier alpha value is -3.11. The highest BCUT2D eigenvalue weighted by Gasteiger charge is 2.28. The quantitative estimate of drug-likeness (QED) is 0.363. The number of nitrogens with zero attached hydrogens (tertiary/aromatic N) is 3. The number of aliphatic hydroxyl groups excluding tert-OH is 1. The minimum Gasteiger partial charge on any atom is -0.389 e. The minimum atomic E-state index is -0.638. The van der Waals surface area contributed by atoms with Crippen LogP contribution in [0.4, 0.5) is 5.88 Å². The number of aliphatic hydroxyl groups is 1. The van der Waals surface area contributed by atoms with Gasteiger partial charge >= 0.3 is 0 Å². The van der Waals surface area contributed by atoms with Crippen LogP contribution in [0, 0.1) is 12.3 Å². The maximum Gasteiger partial charge on any atom is 0.232 e. The maximum absolute atomic E-state index is 10.6. The van der Waals surface area contributed by atoms with E-state index < -0.39 is 6.10 Å². The molecule has 4 rings (SSSR count). The molecule has 6 heteroatoms. The zero-order valence-corrected chi connectivity index (χ0v) is 20.0. The highest BCUT2D eigenvalue weighted by atomic mass is 16.5. The highest BCUT2D eigenvalue weighted by Crippen LogP contribution is 2.35. The Morgan fingerprint density at radius 1 is 1.15 bits per heavy atom. The molecule has 0 aliphatic carbocycles. The van der Waals surface area contributed by atoms with Crippen molar-refractivity contribution in [2.75, 3.05) is 31.2 Å². The highest BCUT2D eigenvalue weighted by molar-refractivity contribution is 5.68. The summed E-state index contributed by atoms with van der Waals surface area (Å²) in [5.74, 6) is 3.24. The number of hydrogen-bond donors (Lipinski definition) is 1. The Morgan fingerprint density at radius 2 is 1.88 bits per heavy atom. The third-order valence-corrected chi connectivity index (χ3v) is 6.26. The summed E-state index contributed by atoms with van der Waals surface area (Å²) in [6.07, 6.45) is 5.59. The molecule has 2 heterocycles. The van der Waals surface area contributed by atoms with Crippen LogP contribution in [0.5, 0.6) is 0 Å². The lowest BCUT2D eigenvalue weighted by atomic mass is 9.99. The summed E-state index contributed by atoms with van der Waals surface area (Å²) in [7, 11) is 0. The lowest BCUT2D eigenvalue weighted by Gasteiger charge is -2.31. The summed E-state index contributed by atoms with van der Waals surface area (Å²) >= 11 is 0. The minimum absolute atomic E-state index is 0.198. The van der Waals surface area contributed by atoms with E-state index in [2.05, 4.69) is 71.1 Å². The van der Waals surface area contributed by atoms with Crippen LogP contribution in [0.25, 0.3) is 11.3 Å². The predicted molar refractivity (Wildman–Crippen MR) is 134 cm³/mol. The molecule has 1 aromatic heterocycles. The van der Waals surface area contributed by atoms with Gasteiger partial charge in [-0.2, -0.15) is 0 Å². The Morgan fingerprint density at radius 3 is 2.62 bits per heavy atom. The van der Waals surface area contributed by atoms with Crippen LogP contribution in [0.2, 0.25) is 0 Å². The van der Waals surface area contributed by atoms with Gasteiger partial charge in [0.2, 0.25) is 5.88 Å². The van der Waals surface area contributed by atoms with Gasteiger partial charge in [-0.15, -0.1) is 6.42 Å². The smallest absolute Gasteiger partial charge is 0.232 e. The molecule has 3 aromatic rings. The van der Waals surface area contributed by atoms with Crippen LogP contribution in [-0.4, -0.2) is 53.6 Å². The molecule has 178 valence electrons. The van der Waals surface area contributed by atoms with Crippen molar-refractivity contribution in [3.05, 3.63) is 71.3 Å². The van der Waals surface area contributed by atoms with Crippen LogP contribution < -0.4 is 4.90 Å². The molecule has 6 nitrogen and oxygen atoms in total. The monoisotopic (exact) mass is 459 g/mol. The summed E-state index contributed by atoms with van der Waals surface area (Å²) in [4.78, 5) is 4.51. The first-order valence-corrected chi connectivity index (χ1v) is 11.9. The molecular formula is C28H33N3O3. The number of terminal acetylenes is 1. The average Bonchev–Trinajstić information content (AvgIpc) is 3.27. The van der Waals surface area contributed by atoms with Crippen molar-refractivity contribution in [3.8, 4) is 23.6 Å². The number of fused-ring (bicyclic) bond motifs is 1. The van der Waals surface area contributed by atoms with E-state index >= 15 is 0 Å². The number of ether oxygens (including phenoxy) is 1. The molecule has 1 aliphatic rings. The molecule has 0 saturated carbocycles. The molecule has 0 amide bonds. The zero-order chi connectivity index (χ0) is 23.9. The fraction of sp³-hybridized carbons (Fsp3) is 0.393. The van der Waals surface area contributed by atoms with E-state index in [-0.39, 0.29) is 19.3 Å². The summed E-state index contributed by atoms with van der Waals surface area (Å²) in [5.41, 5.74) is 5.61. The third kappa shape index (κ3) is 5.68. The molecule has 1 N–H and O–H groups in total. The van der Waals surface area contributed by atoms with Crippen LogP contribution in [-0.2, 0) is 24.2 Å². The molecule has 0 fully saturated rings. The summed E-state index contributed by atoms with van der Waals surface area (Å²) < 4.78 is 11.4. The Bertz CT molecular complexity index is 1100. The maximum atomic E-state index is 10.6. The van der Waals surface area contributed by atoms with Crippen molar-refractivity contribution in [1.29, 1.82) is 0 Å². The molecule has 34 heavy (non-hydrogen) atoms. The Balaban J connectivity index is 1.62. The van der Waals surface area contributed by atoms with Crippen molar-refractivity contribution in [2.24, 2.45) is 0 Å². The van der Waals surface area contributed by atoms with Crippen molar-refractivity contribution in [2.45, 2.75) is 45.5 Å². The number of hydrogen-bond acceptors (Lipinski definition) is 6. The fourth-order valence-corrected chi connectivity index (χ4v) is 4.42. The zero-order valence-electron chi connectivity index (χ0n) is 20.0. The van der Waals surface area contributed by atoms with Gasteiger partial charge in [-0.3, -0.25) is 4.90 Å². The van der Waals surface area contributed by atoms with Gasteiger partial charge in [0, 0.05) is 37.8 Å². The van der Waals surface area contributed by atoms with Gasteiger partial charge in [0.1, 0.15) is 12.3 Å². The summed E-state index contributed by atoms with van der Waals surface area (Å²) in [5, 5.41) is 15.1. The first-order valence-electron chi connectivity index (χ1n) is 11.9. The van der Waals surface area contributed by atoms with Gasteiger partial charge in [0.25, 0.3) is 0 Å². The number of anilines is 1. The van der Waals surface area contributed by atoms with Crippen LogP contribution >= 0.6 is 0 Å². The van der Waals surface area contributed by atoms with Crippen molar-refractivity contribution < 1.29 is 14.4 Å². The Kier molecular flexibility index (Phi) is 8.02. The van der Waals surface area contributed by atoms with E-state index in [0.29, 0.717) is 13.1 Å². The molecule has 1 atom stereocenters. The molecule has 0 radical (unpaired) electrons. The van der Waals surface area contributed by atoms with E-state index in [1.165, 1.54) is 11.1 Å². The van der Waals surface area contributed by atoms with Gasteiger partial charge in [-0.25, -0.2) is 0 Å². The third-order valence-electron chi connectivity index (χ3n) is 6.26. The molecule has 1 aliphatic heterocycles. The second-order valence-corrected chi connectivity index (χ2v) is 9.02. The molecule has 2 aromatic carbocycles. The number of aromatic nitrogens is 1. The van der Waals surface area contributed by atoms with Gasteiger partial charge in [0.05, 0.1) is 18.3 Å². The lowest BCUT2D eigenvalue weighted by Crippen LogP contribution is -2.39. The number of rotatable bonds is 10. The van der Waals surface area contributed by atoms with Gasteiger partial charge in [0.15, 0.2) is 0 Å². The van der Waals surface area contributed by atoms with E-state index in [4.69, 9.17) is 15.7 Å². The SMILES string of the molecule is C#CCOCC(O)CN(Cc1c(-c2ccccc2)noc1N1CCc2ccccc2C1)C(C)C. The summed E-state index contributed by atoms with van der Waals surface area (Å²) in [6, 6.07) is 18.9. The first kappa shape index (κ1) is 24.0. The van der Waals surface area contributed by atoms with E-state index in [1.54, 1.807) is 0 Å². The molecule has 0 spiro atoms. The first-order chi connectivity index (χ1) is 16.6. The topological polar surface area (TPSA) is 62.0 Å². The van der Waals surface area contributed by atoms with E-state index in [0.717, 1.165) is 42.2 Å².